The summed E-state index contributed by atoms with van der Waals surface area (Å²) in [5.74, 6) is -1.81. The summed E-state index contributed by atoms with van der Waals surface area (Å²) in [7, 11) is 3.04. The second-order valence-electron chi connectivity index (χ2n) is 13.5. The molecular formula is C36H45N9O8. The van der Waals surface area contributed by atoms with Gasteiger partial charge in [0.1, 0.15) is 6.04 Å². The normalized spacial score (nSPS) is 19.8. The molecule has 0 aliphatic carbocycles. The van der Waals surface area contributed by atoms with Gasteiger partial charge in [-0.1, -0.05) is 29.5 Å². The van der Waals surface area contributed by atoms with Crippen LogP contribution in [0.1, 0.15) is 53.6 Å². The Morgan fingerprint density at radius 2 is 1.91 bits per heavy atom. The van der Waals surface area contributed by atoms with E-state index < -0.39 is 47.7 Å². The molecule has 6 N–H and O–H groups in total. The first kappa shape index (κ1) is 37.4. The summed E-state index contributed by atoms with van der Waals surface area (Å²) in [5, 5.41) is 26.8. The molecule has 4 amide bonds. The molecule has 282 valence electrons. The van der Waals surface area contributed by atoms with Gasteiger partial charge >= 0.3 is 0 Å². The van der Waals surface area contributed by atoms with Gasteiger partial charge in [-0.25, -0.2) is 4.68 Å². The van der Waals surface area contributed by atoms with Crippen LogP contribution < -0.4 is 31.2 Å². The Hall–Kier alpha value is -5.39. The number of hydrogen-bond acceptors (Lipinski definition) is 12. The van der Waals surface area contributed by atoms with E-state index in [0.29, 0.717) is 62.8 Å². The lowest BCUT2D eigenvalue weighted by Crippen LogP contribution is -2.52. The molecule has 17 nitrogen and oxygen atoms in total. The van der Waals surface area contributed by atoms with Gasteiger partial charge in [0.2, 0.25) is 23.6 Å². The van der Waals surface area contributed by atoms with E-state index in [0.717, 1.165) is 22.3 Å². The quantitative estimate of drug-likeness (QED) is 0.123. The number of fused-ring (bicyclic) bond motifs is 1. The van der Waals surface area contributed by atoms with Crippen LogP contribution in [0.5, 0.6) is 11.5 Å². The Balaban J connectivity index is 0.956. The van der Waals surface area contributed by atoms with Crippen LogP contribution in [-0.4, -0.2) is 105 Å². The van der Waals surface area contributed by atoms with Crippen LogP contribution in [0.4, 0.5) is 0 Å². The molecule has 0 spiro atoms. The maximum absolute atomic E-state index is 13.4. The van der Waals surface area contributed by atoms with Gasteiger partial charge in [-0.2, -0.15) is 0 Å². The Morgan fingerprint density at radius 3 is 2.66 bits per heavy atom. The second-order valence-corrected chi connectivity index (χ2v) is 13.5. The number of benzene rings is 2. The number of rotatable bonds is 15. The van der Waals surface area contributed by atoms with Crippen molar-refractivity contribution in [2.45, 2.75) is 76.7 Å². The number of ketones is 1. The number of aliphatic hydroxyl groups excluding tert-OH is 1. The molecule has 2 fully saturated rings. The smallest absolute Gasteiger partial charge is 0.243 e. The molecule has 53 heavy (non-hydrogen) atoms. The molecular weight excluding hydrogens is 686 g/mol. The average molecular weight is 732 g/mol. The van der Waals surface area contributed by atoms with Crippen LogP contribution in [0.15, 0.2) is 42.6 Å². The van der Waals surface area contributed by atoms with Crippen molar-refractivity contribution in [2.75, 3.05) is 27.3 Å². The van der Waals surface area contributed by atoms with Crippen LogP contribution in [0.3, 0.4) is 0 Å². The lowest BCUT2D eigenvalue weighted by Gasteiger charge is -2.26. The number of ether oxygens (including phenoxy) is 2. The van der Waals surface area contributed by atoms with Gasteiger partial charge < -0.3 is 40.7 Å². The van der Waals surface area contributed by atoms with Crippen LogP contribution in [0.25, 0.3) is 0 Å². The van der Waals surface area contributed by atoms with E-state index >= 15 is 0 Å². The summed E-state index contributed by atoms with van der Waals surface area (Å²) in [4.78, 5) is 68.6. The number of aliphatic hydroxyl groups is 1. The molecule has 3 aliphatic rings. The van der Waals surface area contributed by atoms with Crippen molar-refractivity contribution in [2.24, 2.45) is 11.7 Å². The van der Waals surface area contributed by atoms with Gasteiger partial charge in [0.15, 0.2) is 23.5 Å². The third kappa shape index (κ3) is 8.48. The molecule has 4 heterocycles. The highest BCUT2D eigenvalue weighted by atomic mass is 16.5. The lowest BCUT2D eigenvalue weighted by atomic mass is 10.00. The highest BCUT2D eigenvalue weighted by molar-refractivity contribution is 5.96. The minimum absolute atomic E-state index is 0.0548. The van der Waals surface area contributed by atoms with E-state index in [1.54, 1.807) is 34.0 Å². The Kier molecular flexibility index (Phi) is 11.6. The van der Waals surface area contributed by atoms with Crippen molar-refractivity contribution >= 4 is 29.4 Å². The highest BCUT2D eigenvalue weighted by Gasteiger charge is 2.40. The average Bonchev–Trinajstić information content (AvgIpc) is 3.99. The number of methoxy groups -OCH3 is 2. The lowest BCUT2D eigenvalue weighted by molar-refractivity contribution is -0.142. The van der Waals surface area contributed by atoms with E-state index in [-0.39, 0.29) is 31.8 Å². The maximum Gasteiger partial charge on any atom is 0.243 e. The zero-order chi connectivity index (χ0) is 37.6. The van der Waals surface area contributed by atoms with Crippen LogP contribution in [-0.2, 0) is 56.7 Å². The molecule has 4 atom stereocenters. The number of nitrogens with two attached hydrogens (primary N) is 1. The SMILES string of the molecule is COc1ccc(CNC(O)C(=O)C2CCCN2C(=O)CNC(=O)C2C[C@@H](CC(=O)N3Cc4cccc(Cn5cc(CN)nn5)c4C3)C(=O)N2)cc1OC. The topological polar surface area (TPSA) is 223 Å². The molecule has 0 bridgehead atoms. The third-order valence-corrected chi connectivity index (χ3v) is 10.0. The predicted octanol–water partition coefficient (Wildman–Crippen LogP) is -0.676. The number of aromatic nitrogens is 3. The summed E-state index contributed by atoms with van der Waals surface area (Å²) in [5.41, 5.74) is 10.2. The fraction of sp³-hybridized carbons (Fsp3) is 0.472. The number of Topliss-reactive ketones (excluding diaryl/α,β-unsaturated/α-hetero) is 1. The molecule has 0 saturated carbocycles. The largest absolute Gasteiger partial charge is 0.493 e. The minimum Gasteiger partial charge on any atom is -0.493 e. The monoisotopic (exact) mass is 731 g/mol. The molecule has 1 aromatic heterocycles. The van der Waals surface area contributed by atoms with E-state index in [2.05, 4.69) is 26.3 Å². The zero-order valence-corrected chi connectivity index (χ0v) is 29.7. The summed E-state index contributed by atoms with van der Waals surface area (Å²) in [6, 6.07) is 9.36. The molecule has 2 aromatic carbocycles. The standard InChI is InChI=1S/C36H45N9O8/c1-52-29-9-8-21(11-30(29)53-2)15-38-36(51)33(48)28-7-4-10-45(28)32(47)16-39-35(50)27-12-24(34(49)40-27)13-31(46)43-17-22-5-3-6-23(26(22)20-43)18-44-19-25(14-37)41-42-44/h3,5-6,8-9,11,19,24,27-28,36,38,51H,4,7,10,12-18,20,37H2,1-2H3,(H,39,50)(H,40,49)/t24-,27?,28?,36?/m0/s1. The summed E-state index contributed by atoms with van der Waals surface area (Å²) < 4.78 is 12.2. The molecule has 2 saturated heterocycles. The minimum atomic E-state index is -1.52. The fourth-order valence-corrected chi connectivity index (χ4v) is 7.16. The number of carbonyl (C=O) groups is 5. The Morgan fingerprint density at radius 1 is 1.09 bits per heavy atom. The van der Waals surface area contributed by atoms with Crippen molar-refractivity contribution in [3.63, 3.8) is 0 Å². The summed E-state index contributed by atoms with van der Waals surface area (Å²) in [6.45, 7) is 1.67. The van der Waals surface area contributed by atoms with E-state index in [1.807, 2.05) is 18.2 Å². The number of nitrogens with zero attached hydrogens (tertiary/aromatic N) is 5. The molecule has 0 radical (unpaired) electrons. The predicted molar refractivity (Wildman–Crippen MR) is 188 cm³/mol. The van der Waals surface area contributed by atoms with Crippen molar-refractivity contribution in [1.82, 2.24) is 40.7 Å². The zero-order valence-electron chi connectivity index (χ0n) is 29.7. The maximum atomic E-state index is 13.4. The van der Waals surface area contributed by atoms with Gasteiger partial charge in [-0.3, -0.25) is 29.3 Å². The van der Waals surface area contributed by atoms with E-state index in [4.69, 9.17) is 15.2 Å². The van der Waals surface area contributed by atoms with E-state index in [1.165, 1.54) is 19.1 Å². The molecule has 3 aromatic rings. The van der Waals surface area contributed by atoms with Gasteiger partial charge in [0.05, 0.1) is 45.2 Å². The van der Waals surface area contributed by atoms with Crippen molar-refractivity contribution in [3.8, 4) is 11.5 Å². The molecule has 17 heteroatoms. The van der Waals surface area contributed by atoms with Gasteiger partial charge in [-0.05, 0) is 53.6 Å². The number of likely N-dealkylation sites (tertiary alicyclic amines) is 1. The number of nitrogens with one attached hydrogen (secondary N) is 3. The van der Waals surface area contributed by atoms with Crippen LogP contribution >= 0.6 is 0 Å². The second kappa shape index (κ2) is 16.5. The van der Waals surface area contributed by atoms with E-state index in [9.17, 15) is 29.1 Å². The molecule has 6 rings (SSSR count). The van der Waals surface area contributed by atoms with Gasteiger partial charge in [0.25, 0.3) is 0 Å². The first-order chi connectivity index (χ1) is 25.6. The number of carbonyl (C=O) groups excluding carboxylic acids is 5. The third-order valence-electron chi connectivity index (χ3n) is 10.0. The Bertz CT molecular complexity index is 1870. The van der Waals surface area contributed by atoms with Crippen molar-refractivity contribution in [3.05, 3.63) is 70.5 Å². The Labute approximate surface area is 306 Å². The van der Waals surface area contributed by atoms with Gasteiger partial charge in [0, 0.05) is 45.1 Å². The van der Waals surface area contributed by atoms with Crippen LogP contribution in [0.2, 0.25) is 0 Å². The highest BCUT2D eigenvalue weighted by Crippen LogP contribution is 2.30. The first-order valence-corrected chi connectivity index (χ1v) is 17.6. The van der Waals surface area contributed by atoms with Crippen molar-refractivity contribution < 1.29 is 38.6 Å². The molecule has 3 aliphatic heterocycles. The van der Waals surface area contributed by atoms with Crippen molar-refractivity contribution in [1.29, 1.82) is 0 Å². The fourth-order valence-electron chi connectivity index (χ4n) is 7.16. The summed E-state index contributed by atoms with van der Waals surface area (Å²) >= 11 is 0. The number of hydrogen-bond donors (Lipinski definition) is 5. The summed E-state index contributed by atoms with van der Waals surface area (Å²) in [6.07, 6.45) is 1.26. The first-order valence-electron chi connectivity index (χ1n) is 17.6. The van der Waals surface area contributed by atoms with Gasteiger partial charge in [-0.15, -0.1) is 5.10 Å². The molecule has 3 unspecified atom stereocenters. The number of amides is 4. The van der Waals surface area contributed by atoms with Crippen LogP contribution in [0, 0.1) is 5.92 Å².